The molecule has 5 heterocycles. The number of hydrogen-bond acceptors (Lipinski definition) is 8. The molecule has 12 heteroatoms. The molecule has 0 spiro atoms. The van der Waals surface area contributed by atoms with Gasteiger partial charge in [-0.3, -0.25) is 19.3 Å². The summed E-state index contributed by atoms with van der Waals surface area (Å²) in [5.74, 6) is 1.43. The summed E-state index contributed by atoms with van der Waals surface area (Å²) >= 11 is 0. The monoisotopic (exact) mass is 507 g/mol. The number of carbonyl (C=O) groups is 1. The first kappa shape index (κ1) is 23.2. The van der Waals surface area contributed by atoms with Gasteiger partial charge in [0.25, 0.3) is 5.91 Å². The molecule has 6 rings (SSSR count). The van der Waals surface area contributed by atoms with Crippen LogP contribution in [0.25, 0.3) is 33.1 Å². The minimum Gasteiger partial charge on any atom is -0.382 e. The molecule has 0 fully saturated rings. The van der Waals surface area contributed by atoms with Crippen LogP contribution in [0.2, 0.25) is 0 Å². The summed E-state index contributed by atoms with van der Waals surface area (Å²) in [7, 11) is 1.84. The molecule has 12 nitrogen and oxygen atoms in total. The van der Waals surface area contributed by atoms with Crippen LogP contribution in [-0.4, -0.2) is 52.2 Å². The number of nitrogens with zero attached hydrogens (tertiary/aromatic N) is 7. The average molecular weight is 508 g/mol. The van der Waals surface area contributed by atoms with Crippen LogP contribution >= 0.6 is 0 Å². The lowest BCUT2D eigenvalue weighted by molar-refractivity contribution is 0.0947. The molecule has 0 aliphatic rings. The van der Waals surface area contributed by atoms with Crippen LogP contribution in [0.3, 0.4) is 0 Å². The third-order valence-electron chi connectivity index (χ3n) is 6.20. The van der Waals surface area contributed by atoms with Crippen LogP contribution in [0, 0.1) is 6.92 Å². The van der Waals surface area contributed by atoms with Gasteiger partial charge >= 0.3 is 0 Å². The Morgan fingerprint density at radius 1 is 1.08 bits per heavy atom. The molecule has 38 heavy (non-hydrogen) atoms. The summed E-state index contributed by atoms with van der Waals surface area (Å²) in [6, 6.07) is 15.0. The zero-order valence-corrected chi connectivity index (χ0v) is 20.8. The van der Waals surface area contributed by atoms with Gasteiger partial charge in [-0.05, 0) is 31.2 Å². The van der Waals surface area contributed by atoms with Crippen molar-refractivity contribution >= 4 is 45.2 Å². The van der Waals surface area contributed by atoms with Crippen LogP contribution < -0.4 is 16.4 Å². The van der Waals surface area contributed by atoms with Crippen molar-refractivity contribution in [3.05, 3.63) is 72.3 Å². The number of H-pyrrole nitrogens is 1. The SMILES string of the molecule is Cc1cc(Nc2cccc(C(=O)NCCn3cc4c(n3)c(N)nc3cc(-c5cc[nH]n5)ccc34)n2)n(C)n1. The molecule has 0 saturated heterocycles. The van der Waals surface area contributed by atoms with Gasteiger partial charge < -0.3 is 16.4 Å². The zero-order valence-electron chi connectivity index (χ0n) is 20.8. The molecule has 0 aliphatic heterocycles. The molecule has 0 unspecified atom stereocenters. The summed E-state index contributed by atoms with van der Waals surface area (Å²) in [5.41, 5.74) is 10.6. The van der Waals surface area contributed by atoms with Crippen molar-refractivity contribution in [2.24, 2.45) is 7.05 Å². The Morgan fingerprint density at radius 2 is 1.97 bits per heavy atom. The molecule has 6 aromatic rings. The number of anilines is 3. The minimum atomic E-state index is -0.274. The van der Waals surface area contributed by atoms with E-state index in [0.29, 0.717) is 35.9 Å². The molecule has 1 aromatic carbocycles. The number of pyridine rings is 2. The maximum atomic E-state index is 12.8. The summed E-state index contributed by atoms with van der Waals surface area (Å²) < 4.78 is 3.49. The largest absolute Gasteiger partial charge is 0.382 e. The molecule has 0 atom stereocenters. The Balaban J connectivity index is 1.15. The highest BCUT2D eigenvalue weighted by Crippen LogP contribution is 2.30. The Bertz CT molecular complexity index is 1780. The van der Waals surface area contributed by atoms with Crippen LogP contribution in [0.15, 0.2) is 60.9 Å². The summed E-state index contributed by atoms with van der Waals surface area (Å²) in [6.07, 6.45) is 3.70. The molecule has 1 amide bonds. The number of hydrogen-bond donors (Lipinski definition) is 4. The van der Waals surface area contributed by atoms with Gasteiger partial charge in [0, 0.05) is 48.4 Å². The van der Waals surface area contributed by atoms with E-state index in [1.807, 2.05) is 50.5 Å². The Morgan fingerprint density at radius 3 is 2.76 bits per heavy atom. The average Bonchev–Trinajstić information content (AvgIpc) is 3.65. The lowest BCUT2D eigenvalue weighted by Gasteiger charge is -2.08. The molecule has 190 valence electrons. The van der Waals surface area contributed by atoms with Crippen LogP contribution in [-0.2, 0) is 13.6 Å². The second-order valence-corrected chi connectivity index (χ2v) is 8.93. The highest BCUT2D eigenvalue weighted by molar-refractivity contribution is 6.08. The predicted octanol–water partition coefficient (Wildman–Crippen LogP) is 3.17. The van der Waals surface area contributed by atoms with Crippen molar-refractivity contribution in [1.29, 1.82) is 0 Å². The van der Waals surface area contributed by atoms with Gasteiger partial charge in [-0.2, -0.15) is 15.3 Å². The number of aryl methyl sites for hydroxylation is 2. The van der Waals surface area contributed by atoms with E-state index >= 15 is 0 Å². The lowest BCUT2D eigenvalue weighted by atomic mass is 10.1. The first-order valence-corrected chi connectivity index (χ1v) is 12.0. The molecule has 0 saturated carbocycles. The van der Waals surface area contributed by atoms with E-state index in [0.717, 1.165) is 39.1 Å². The van der Waals surface area contributed by atoms with E-state index in [2.05, 4.69) is 41.0 Å². The van der Waals surface area contributed by atoms with Gasteiger partial charge in [-0.1, -0.05) is 18.2 Å². The third-order valence-corrected chi connectivity index (χ3v) is 6.20. The summed E-state index contributed by atoms with van der Waals surface area (Å²) in [4.78, 5) is 21.7. The zero-order chi connectivity index (χ0) is 26.2. The number of benzene rings is 1. The fraction of sp³-hybridized carbons (Fsp3) is 0.154. The van der Waals surface area contributed by atoms with E-state index in [1.165, 1.54) is 0 Å². The topological polar surface area (TPSA) is 157 Å². The number of aromatic nitrogens is 8. The normalized spacial score (nSPS) is 11.3. The molecule has 5 N–H and O–H groups in total. The quantitative estimate of drug-likeness (QED) is 0.257. The Hall–Kier alpha value is -5.26. The second kappa shape index (κ2) is 9.32. The molecule has 5 aromatic heterocycles. The van der Waals surface area contributed by atoms with Crippen molar-refractivity contribution < 1.29 is 4.79 Å². The molecule has 0 aliphatic carbocycles. The van der Waals surface area contributed by atoms with E-state index in [-0.39, 0.29) is 5.91 Å². The van der Waals surface area contributed by atoms with Crippen molar-refractivity contribution in [2.45, 2.75) is 13.5 Å². The summed E-state index contributed by atoms with van der Waals surface area (Å²) in [5, 5.41) is 23.9. The van der Waals surface area contributed by atoms with E-state index in [1.54, 1.807) is 33.8 Å². The third kappa shape index (κ3) is 4.39. The first-order chi connectivity index (χ1) is 18.4. The number of rotatable bonds is 7. The predicted molar refractivity (Wildman–Crippen MR) is 145 cm³/mol. The Labute approximate surface area is 216 Å². The van der Waals surface area contributed by atoms with E-state index in [9.17, 15) is 4.79 Å². The molecule has 0 radical (unpaired) electrons. The van der Waals surface area contributed by atoms with Crippen molar-refractivity contribution in [1.82, 2.24) is 45.0 Å². The summed E-state index contributed by atoms with van der Waals surface area (Å²) in [6.45, 7) is 2.73. The van der Waals surface area contributed by atoms with Crippen molar-refractivity contribution in [3.63, 3.8) is 0 Å². The lowest BCUT2D eigenvalue weighted by Crippen LogP contribution is -2.28. The minimum absolute atomic E-state index is 0.274. The van der Waals surface area contributed by atoms with E-state index in [4.69, 9.17) is 5.73 Å². The molecular weight excluding hydrogens is 482 g/mol. The number of carbonyl (C=O) groups excluding carboxylic acids is 1. The standard InChI is InChI=1S/C26H25N11O/c1-15-12-23(36(2)34-15)32-22-5-3-4-20(30-22)26(38)28-10-11-37-14-18-17-7-6-16(19-8-9-29-33-19)13-21(17)31-25(27)24(18)35-37/h3-9,12-14H,10-11H2,1-2H3,(H2,27,31)(H,28,38)(H,29,33)(H,30,32). The highest BCUT2D eigenvalue weighted by atomic mass is 16.1. The van der Waals surface area contributed by atoms with Gasteiger partial charge in [0.2, 0.25) is 0 Å². The number of aromatic amines is 1. The van der Waals surface area contributed by atoms with Gasteiger partial charge in [0.05, 0.1) is 23.4 Å². The fourth-order valence-corrected chi connectivity index (χ4v) is 4.40. The van der Waals surface area contributed by atoms with Crippen LogP contribution in [0.5, 0.6) is 0 Å². The second-order valence-electron chi connectivity index (χ2n) is 8.93. The van der Waals surface area contributed by atoms with Crippen molar-refractivity contribution in [3.8, 4) is 11.3 Å². The van der Waals surface area contributed by atoms with Gasteiger partial charge in [0.1, 0.15) is 22.8 Å². The number of nitrogen functional groups attached to an aromatic ring is 1. The number of fused-ring (bicyclic) bond motifs is 3. The van der Waals surface area contributed by atoms with Gasteiger partial charge in [-0.15, -0.1) is 0 Å². The van der Waals surface area contributed by atoms with Gasteiger partial charge in [-0.25, -0.2) is 9.97 Å². The number of nitrogens with two attached hydrogens (primary N) is 1. The molecular formula is C26H25N11O. The fourth-order valence-electron chi connectivity index (χ4n) is 4.40. The van der Waals surface area contributed by atoms with Crippen LogP contribution in [0.4, 0.5) is 17.5 Å². The van der Waals surface area contributed by atoms with Crippen molar-refractivity contribution in [2.75, 3.05) is 17.6 Å². The maximum Gasteiger partial charge on any atom is 0.270 e. The number of amides is 1. The molecule has 0 bridgehead atoms. The van der Waals surface area contributed by atoms with E-state index < -0.39 is 0 Å². The highest BCUT2D eigenvalue weighted by Gasteiger charge is 2.13. The smallest absolute Gasteiger partial charge is 0.270 e. The van der Waals surface area contributed by atoms with Gasteiger partial charge in [0.15, 0.2) is 5.82 Å². The Kier molecular flexibility index (Phi) is 5.68. The first-order valence-electron chi connectivity index (χ1n) is 12.0. The van der Waals surface area contributed by atoms with Crippen LogP contribution in [0.1, 0.15) is 16.2 Å². The number of nitrogens with one attached hydrogen (secondary N) is 3. The maximum absolute atomic E-state index is 12.8.